The van der Waals surface area contributed by atoms with Gasteiger partial charge in [-0.15, -0.1) is 0 Å². The molecule has 124 valence electrons. The second kappa shape index (κ2) is 6.09. The van der Waals surface area contributed by atoms with E-state index < -0.39 is 5.60 Å². The summed E-state index contributed by atoms with van der Waals surface area (Å²) >= 11 is 6.07. The first kappa shape index (κ1) is 16.2. The zero-order valence-corrected chi connectivity index (χ0v) is 14.3. The smallest absolute Gasteiger partial charge is 0.410 e. The van der Waals surface area contributed by atoms with Crippen LogP contribution >= 0.6 is 11.6 Å². The highest BCUT2D eigenvalue weighted by atomic mass is 35.5. The zero-order valence-electron chi connectivity index (χ0n) is 13.6. The summed E-state index contributed by atoms with van der Waals surface area (Å²) in [6.45, 7) is 7.62. The third kappa shape index (κ3) is 3.64. The molecule has 0 aromatic carbocycles. The van der Waals surface area contributed by atoms with Crippen molar-refractivity contribution >= 4 is 23.3 Å². The van der Waals surface area contributed by atoms with Crippen molar-refractivity contribution in [1.82, 2.24) is 14.9 Å². The Morgan fingerprint density at radius 3 is 2.78 bits per heavy atom. The van der Waals surface area contributed by atoms with Crippen LogP contribution < -0.4 is 0 Å². The lowest BCUT2D eigenvalue weighted by molar-refractivity contribution is 0.0240. The highest BCUT2D eigenvalue weighted by molar-refractivity contribution is 6.28. The van der Waals surface area contributed by atoms with E-state index in [0.717, 1.165) is 28.9 Å². The van der Waals surface area contributed by atoms with Gasteiger partial charge in [-0.1, -0.05) is 6.08 Å². The molecule has 0 saturated heterocycles. The molecule has 0 spiro atoms. The number of halogens is 1. The highest BCUT2D eigenvalue weighted by Gasteiger charge is 2.32. The van der Waals surface area contributed by atoms with Gasteiger partial charge in [0.25, 0.3) is 0 Å². The molecular formula is C16H20ClN3O3. The lowest BCUT2D eigenvalue weighted by atomic mass is 10.0. The van der Waals surface area contributed by atoms with Crippen LogP contribution in [0.15, 0.2) is 6.08 Å². The SMILES string of the molecule is CC(C)(C)OC(=O)N1Cc2nc(Cl)nc(C3=CCOCC3)c2C1. The summed E-state index contributed by atoms with van der Waals surface area (Å²) in [7, 11) is 0. The van der Waals surface area contributed by atoms with E-state index >= 15 is 0 Å². The van der Waals surface area contributed by atoms with Gasteiger partial charge in [0, 0.05) is 5.56 Å². The van der Waals surface area contributed by atoms with Crippen LogP contribution in [0.1, 0.15) is 44.1 Å². The van der Waals surface area contributed by atoms with Gasteiger partial charge in [0.1, 0.15) is 5.60 Å². The molecule has 1 amide bonds. The molecule has 3 heterocycles. The number of fused-ring (bicyclic) bond motifs is 1. The lowest BCUT2D eigenvalue weighted by Gasteiger charge is -2.24. The average molecular weight is 338 g/mol. The van der Waals surface area contributed by atoms with Gasteiger partial charge in [0.15, 0.2) is 0 Å². The minimum absolute atomic E-state index is 0.206. The molecule has 0 aliphatic carbocycles. The normalized spacial score (nSPS) is 17.7. The summed E-state index contributed by atoms with van der Waals surface area (Å²) in [5, 5.41) is 0.206. The number of carbonyl (C=O) groups is 1. The van der Waals surface area contributed by atoms with Crippen molar-refractivity contribution in [2.24, 2.45) is 0 Å². The van der Waals surface area contributed by atoms with Crippen LogP contribution in [0.25, 0.3) is 5.57 Å². The number of hydrogen-bond acceptors (Lipinski definition) is 5. The van der Waals surface area contributed by atoms with Crippen molar-refractivity contribution in [3.8, 4) is 0 Å². The molecule has 6 nitrogen and oxygen atoms in total. The van der Waals surface area contributed by atoms with Gasteiger partial charge in [-0.3, -0.25) is 4.90 Å². The van der Waals surface area contributed by atoms with Crippen LogP contribution in [0, 0.1) is 0 Å². The van der Waals surface area contributed by atoms with E-state index in [-0.39, 0.29) is 11.4 Å². The minimum atomic E-state index is -0.527. The Hall–Kier alpha value is -1.66. The van der Waals surface area contributed by atoms with Gasteiger partial charge in [0.2, 0.25) is 5.28 Å². The number of carbonyl (C=O) groups excluding carboxylic acids is 1. The van der Waals surface area contributed by atoms with Crippen LogP contribution in [0.2, 0.25) is 5.28 Å². The van der Waals surface area contributed by atoms with Crippen LogP contribution in [-0.2, 0) is 22.6 Å². The van der Waals surface area contributed by atoms with Gasteiger partial charge in [0.05, 0.1) is 37.7 Å². The number of ether oxygens (including phenoxy) is 2. The standard InChI is InChI=1S/C16H20ClN3O3/c1-16(2,3)23-15(21)20-8-11-12(9-20)18-14(17)19-13(11)10-4-6-22-7-5-10/h4H,5-9H2,1-3H3. The average Bonchev–Trinajstić information content (AvgIpc) is 2.89. The van der Waals surface area contributed by atoms with E-state index in [0.29, 0.717) is 26.3 Å². The van der Waals surface area contributed by atoms with E-state index in [4.69, 9.17) is 21.1 Å². The summed E-state index contributed by atoms with van der Waals surface area (Å²) in [6.07, 6.45) is 2.45. The van der Waals surface area contributed by atoms with Crippen LogP contribution in [0.3, 0.4) is 0 Å². The van der Waals surface area contributed by atoms with Crippen LogP contribution in [0.4, 0.5) is 4.79 Å². The van der Waals surface area contributed by atoms with Crippen molar-refractivity contribution in [3.05, 3.63) is 28.3 Å². The second-order valence-electron chi connectivity index (χ2n) is 6.66. The molecule has 0 radical (unpaired) electrons. The molecule has 0 saturated carbocycles. The molecule has 1 aromatic heterocycles. The molecule has 2 aliphatic rings. The first-order valence-corrected chi connectivity index (χ1v) is 8.01. The van der Waals surface area contributed by atoms with Gasteiger partial charge < -0.3 is 9.47 Å². The Balaban J connectivity index is 1.87. The largest absolute Gasteiger partial charge is 0.444 e. The highest BCUT2D eigenvalue weighted by Crippen LogP contribution is 2.32. The molecule has 0 N–H and O–H groups in total. The van der Waals surface area contributed by atoms with Crippen molar-refractivity contribution in [1.29, 1.82) is 0 Å². The van der Waals surface area contributed by atoms with Crippen molar-refractivity contribution in [2.75, 3.05) is 13.2 Å². The summed E-state index contributed by atoms with van der Waals surface area (Å²) < 4.78 is 10.8. The van der Waals surface area contributed by atoms with E-state index in [2.05, 4.69) is 9.97 Å². The first-order valence-electron chi connectivity index (χ1n) is 7.64. The zero-order chi connectivity index (χ0) is 16.6. The summed E-state index contributed by atoms with van der Waals surface area (Å²) in [4.78, 5) is 22.6. The molecule has 7 heteroatoms. The minimum Gasteiger partial charge on any atom is -0.444 e. The molecule has 23 heavy (non-hydrogen) atoms. The molecular weight excluding hydrogens is 318 g/mol. The molecule has 0 bridgehead atoms. The van der Waals surface area contributed by atoms with Crippen molar-refractivity contribution < 1.29 is 14.3 Å². The predicted molar refractivity (Wildman–Crippen MR) is 85.9 cm³/mol. The maximum Gasteiger partial charge on any atom is 0.410 e. The van der Waals surface area contributed by atoms with Gasteiger partial charge in [-0.2, -0.15) is 0 Å². The third-order valence-electron chi connectivity index (χ3n) is 3.67. The number of hydrogen-bond donors (Lipinski definition) is 0. The number of aromatic nitrogens is 2. The van der Waals surface area contributed by atoms with Gasteiger partial charge >= 0.3 is 6.09 Å². The number of nitrogens with zero attached hydrogens (tertiary/aromatic N) is 3. The Morgan fingerprint density at radius 1 is 1.35 bits per heavy atom. The monoisotopic (exact) mass is 337 g/mol. The summed E-state index contributed by atoms with van der Waals surface area (Å²) in [5.74, 6) is 0. The van der Waals surface area contributed by atoms with Crippen LogP contribution in [0.5, 0.6) is 0 Å². The van der Waals surface area contributed by atoms with E-state index in [9.17, 15) is 4.79 Å². The Kier molecular flexibility index (Phi) is 4.29. The lowest BCUT2D eigenvalue weighted by Crippen LogP contribution is -2.33. The molecule has 0 atom stereocenters. The third-order valence-corrected chi connectivity index (χ3v) is 3.84. The first-order chi connectivity index (χ1) is 10.8. The molecule has 3 rings (SSSR count). The molecule has 0 unspecified atom stereocenters. The van der Waals surface area contributed by atoms with Crippen molar-refractivity contribution in [2.45, 2.75) is 45.9 Å². The van der Waals surface area contributed by atoms with Crippen molar-refractivity contribution in [3.63, 3.8) is 0 Å². The fourth-order valence-corrected chi connectivity index (χ4v) is 2.87. The van der Waals surface area contributed by atoms with Gasteiger partial charge in [-0.05, 0) is 44.4 Å². The Bertz CT molecular complexity index is 667. The fourth-order valence-electron chi connectivity index (χ4n) is 2.69. The quantitative estimate of drug-likeness (QED) is 0.736. The predicted octanol–water partition coefficient (Wildman–Crippen LogP) is 3.18. The second-order valence-corrected chi connectivity index (χ2v) is 7.00. The van der Waals surface area contributed by atoms with E-state index in [1.54, 1.807) is 4.90 Å². The van der Waals surface area contributed by atoms with Crippen LogP contribution in [-0.4, -0.2) is 39.8 Å². The maximum atomic E-state index is 12.3. The van der Waals surface area contributed by atoms with E-state index in [1.807, 2.05) is 26.8 Å². The number of rotatable bonds is 1. The summed E-state index contributed by atoms with van der Waals surface area (Å²) in [6, 6.07) is 0. The molecule has 2 aliphatic heterocycles. The summed E-state index contributed by atoms with van der Waals surface area (Å²) in [5.41, 5.74) is 3.14. The topological polar surface area (TPSA) is 64.5 Å². The Labute approximate surface area is 140 Å². The molecule has 1 aromatic rings. The fraction of sp³-hybridized carbons (Fsp3) is 0.562. The van der Waals surface area contributed by atoms with Gasteiger partial charge in [-0.25, -0.2) is 14.8 Å². The number of amides is 1. The van der Waals surface area contributed by atoms with E-state index in [1.165, 1.54) is 0 Å². The molecule has 0 fully saturated rings. The maximum absolute atomic E-state index is 12.3. The Morgan fingerprint density at radius 2 is 2.13 bits per heavy atom.